The molecule has 7 rings (SSSR count). The fourth-order valence-corrected chi connectivity index (χ4v) is 10.2. The number of piperazine rings is 1. The molecular formula is C41H60ClN5O4S. The van der Waals surface area contributed by atoms with Gasteiger partial charge in [-0.05, 0) is 84.7 Å². The molecule has 0 radical (unpaired) electrons. The fourth-order valence-electron chi connectivity index (χ4n) is 8.79. The van der Waals surface area contributed by atoms with Crippen LogP contribution in [0, 0.1) is 23.7 Å². The molecule has 2 saturated heterocycles. The fraction of sp³-hybridized carbons (Fsp3) is 0.634. The van der Waals surface area contributed by atoms with Crippen molar-refractivity contribution >= 4 is 39.9 Å². The van der Waals surface area contributed by atoms with E-state index in [1.165, 1.54) is 24.0 Å². The quantitative estimate of drug-likeness (QED) is 0.273. The summed E-state index contributed by atoms with van der Waals surface area (Å²) in [5.74, 6) is 7.95. The molecule has 11 heteroatoms. The Kier molecular flexibility index (Phi) is 13.8. The SMILES string of the molecule is C=S1NC(=O)c2ccc3c(n2)N(CC(c2ccc(Cl)cc2CCC)CO3)CC2CCC2C(CN2CCN3CCOCC3C2)/C=C/CC(C)C1C.CO. The van der Waals surface area contributed by atoms with Crippen LogP contribution in [0.2, 0.25) is 5.02 Å². The highest BCUT2D eigenvalue weighted by molar-refractivity contribution is 8.13. The number of ether oxygens (including phenoxy) is 2. The number of aryl methyl sites for hydroxylation is 1. The minimum absolute atomic E-state index is 0.155. The van der Waals surface area contributed by atoms with Gasteiger partial charge in [0.25, 0.3) is 5.91 Å². The minimum atomic E-state index is -0.544. The summed E-state index contributed by atoms with van der Waals surface area (Å²) in [6.07, 6.45) is 10.5. The molecule has 8 unspecified atom stereocenters. The van der Waals surface area contributed by atoms with Gasteiger partial charge in [-0.15, -0.1) is 0 Å². The topological polar surface area (TPSA) is 90.4 Å². The Hall–Kier alpha value is -2.47. The standard InChI is InChI=1S/C40H56ClN5O3S.CH4O/c1-5-7-29-20-33(41)11-13-35(29)32-23-46-22-31-10-12-36(31)30(21-44-16-17-45-18-19-48-26-34(45)24-44)9-6-8-27(2)28(3)50(4)43-40(47)37-14-15-38(49-25-32)39(46)42-37;1-2/h6,9,11,13-15,20,27-28,30-32,34,36H,4-5,7-8,10,12,16-19,21-26H2,1-3H3,(H,43,47);2H,1H3/b9-6+;. The van der Waals surface area contributed by atoms with Crippen LogP contribution < -0.4 is 14.4 Å². The summed E-state index contributed by atoms with van der Waals surface area (Å²) < 4.78 is 15.7. The van der Waals surface area contributed by atoms with E-state index in [4.69, 9.17) is 31.2 Å². The number of hydrogen-bond donors (Lipinski definition) is 2. The van der Waals surface area contributed by atoms with Crippen LogP contribution in [-0.4, -0.2) is 116 Å². The lowest BCUT2D eigenvalue weighted by Gasteiger charge is -2.48. The van der Waals surface area contributed by atoms with Gasteiger partial charge in [-0.1, -0.05) is 73.6 Å². The summed E-state index contributed by atoms with van der Waals surface area (Å²) in [6, 6.07) is 10.6. The molecular weight excluding hydrogens is 694 g/mol. The van der Waals surface area contributed by atoms with Gasteiger partial charge in [0.2, 0.25) is 0 Å². The number of morpholine rings is 1. The molecule has 1 aromatic carbocycles. The van der Waals surface area contributed by atoms with E-state index < -0.39 is 10.7 Å². The van der Waals surface area contributed by atoms with E-state index in [2.05, 4.69) is 70.3 Å². The Morgan fingerprint density at radius 3 is 2.71 bits per heavy atom. The number of hydrogen-bond acceptors (Lipinski definition) is 8. The van der Waals surface area contributed by atoms with Crippen LogP contribution in [-0.2, 0) is 11.2 Å². The van der Waals surface area contributed by atoms with E-state index in [0.29, 0.717) is 42.0 Å². The van der Waals surface area contributed by atoms with Crippen LogP contribution in [0.1, 0.15) is 74.0 Å². The number of rotatable bonds is 5. The Labute approximate surface area is 319 Å². The highest BCUT2D eigenvalue weighted by Crippen LogP contribution is 2.44. The summed E-state index contributed by atoms with van der Waals surface area (Å²) in [6.45, 7) is 16.2. The summed E-state index contributed by atoms with van der Waals surface area (Å²) in [5.41, 5.74) is 3.02. The summed E-state index contributed by atoms with van der Waals surface area (Å²) in [7, 11) is 0.456. The molecule has 1 aliphatic carbocycles. The van der Waals surface area contributed by atoms with Crippen LogP contribution in [0.5, 0.6) is 5.75 Å². The Balaban J connectivity index is 0.00000228. The van der Waals surface area contributed by atoms with Gasteiger partial charge < -0.3 is 24.2 Å². The van der Waals surface area contributed by atoms with Crippen molar-refractivity contribution in [2.45, 2.75) is 70.1 Å². The first kappa shape index (κ1) is 39.2. The third kappa shape index (κ3) is 9.07. The van der Waals surface area contributed by atoms with Gasteiger partial charge in [0.05, 0.1) is 19.8 Å². The van der Waals surface area contributed by atoms with E-state index in [-0.39, 0.29) is 17.1 Å². The lowest BCUT2D eigenvalue weighted by atomic mass is 9.66. The molecule has 1 amide bonds. The summed E-state index contributed by atoms with van der Waals surface area (Å²) >= 11 is 6.50. The normalized spacial score (nSPS) is 32.0. The Morgan fingerprint density at radius 2 is 1.92 bits per heavy atom. The highest BCUT2D eigenvalue weighted by atomic mass is 35.5. The average molecular weight is 754 g/mol. The zero-order valence-corrected chi connectivity index (χ0v) is 33.2. The third-order valence-electron chi connectivity index (χ3n) is 12.2. The number of anilines is 1. The lowest BCUT2D eigenvalue weighted by Crippen LogP contribution is -2.59. The number of aliphatic hydroxyl groups is 1. The molecule has 286 valence electrons. The number of amides is 1. The van der Waals surface area contributed by atoms with Crippen molar-refractivity contribution < 1.29 is 19.4 Å². The van der Waals surface area contributed by atoms with E-state index in [9.17, 15) is 4.79 Å². The maximum absolute atomic E-state index is 13.6. The smallest absolute Gasteiger partial charge is 0.279 e. The molecule has 5 aliphatic rings. The average Bonchev–Trinajstić information content (AvgIpc) is 3.32. The largest absolute Gasteiger partial charge is 0.489 e. The number of fused-ring (bicyclic) bond motifs is 3. The van der Waals surface area contributed by atoms with Gasteiger partial charge in [-0.3, -0.25) is 14.6 Å². The molecule has 1 aromatic heterocycles. The zero-order chi connectivity index (χ0) is 36.8. The van der Waals surface area contributed by atoms with Gasteiger partial charge in [0, 0.05) is 75.2 Å². The number of aliphatic hydroxyl groups excluding tert-OH is 1. The molecule has 52 heavy (non-hydrogen) atoms. The number of nitrogens with one attached hydrogen (secondary N) is 1. The second-order valence-electron chi connectivity index (χ2n) is 15.4. The third-order valence-corrected chi connectivity index (χ3v) is 14.2. The number of benzene rings is 1. The zero-order valence-electron chi connectivity index (χ0n) is 31.6. The molecule has 2 aromatic rings. The number of aromatic nitrogens is 1. The first-order valence-electron chi connectivity index (χ1n) is 19.4. The highest BCUT2D eigenvalue weighted by Gasteiger charge is 2.40. The van der Waals surface area contributed by atoms with Crippen molar-refractivity contribution in [3.63, 3.8) is 0 Å². The number of nitrogens with zero attached hydrogens (tertiary/aromatic N) is 4. The number of carbonyl (C=O) groups excluding carboxylic acids is 1. The summed E-state index contributed by atoms with van der Waals surface area (Å²) in [4.78, 5) is 26.5. The van der Waals surface area contributed by atoms with Crippen molar-refractivity contribution in [1.29, 1.82) is 0 Å². The second-order valence-corrected chi connectivity index (χ2v) is 17.7. The van der Waals surface area contributed by atoms with Gasteiger partial charge in [-0.25, -0.2) is 4.98 Å². The van der Waals surface area contributed by atoms with Crippen molar-refractivity contribution in [3.8, 4) is 5.75 Å². The molecule has 5 heterocycles. The number of allylic oxidation sites excluding steroid dienone is 1. The second kappa shape index (κ2) is 18.2. The minimum Gasteiger partial charge on any atom is -0.489 e. The Bertz CT molecular complexity index is 1580. The molecule has 2 bridgehead atoms. The van der Waals surface area contributed by atoms with Crippen LogP contribution >= 0.6 is 22.3 Å². The molecule has 2 N–H and O–H groups in total. The van der Waals surface area contributed by atoms with Crippen molar-refractivity contribution in [1.82, 2.24) is 19.5 Å². The van der Waals surface area contributed by atoms with Gasteiger partial charge in [0.15, 0.2) is 11.6 Å². The first-order chi connectivity index (χ1) is 25.3. The Morgan fingerprint density at radius 1 is 1.08 bits per heavy atom. The molecule has 1 saturated carbocycles. The van der Waals surface area contributed by atoms with Crippen molar-refractivity contribution in [2.24, 2.45) is 23.7 Å². The first-order valence-corrected chi connectivity index (χ1v) is 21.3. The monoisotopic (exact) mass is 753 g/mol. The van der Waals surface area contributed by atoms with Crippen molar-refractivity contribution in [2.75, 3.05) is 77.6 Å². The predicted octanol–water partition coefficient (Wildman–Crippen LogP) is 6.27. The molecule has 9 nitrogen and oxygen atoms in total. The predicted molar refractivity (Wildman–Crippen MR) is 215 cm³/mol. The maximum atomic E-state index is 13.6. The van der Waals surface area contributed by atoms with E-state index in [1.54, 1.807) is 0 Å². The lowest BCUT2D eigenvalue weighted by molar-refractivity contribution is -0.0492. The maximum Gasteiger partial charge on any atom is 0.279 e. The number of pyridine rings is 1. The molecule has 3 fully saturated rings. The molecule has 4 aliphatic heterocycles. The van der Waals surface area contributed by atoms with Crippen molar-refractivity contribution in [3.05, 3.63) is 64.3 Å². The van der Waals surface area contributed by atoms with E-state index in [1.807, 2.05) is 18.2 Å². The van der Waals surface area contributed by atoms with E-state index >= 15 is 0 Å². The van der Waals surface area contributed by atoms with Gasteiger partial charge >= 0.3 is 0 Å². The molecule has 0 spiro atoms. The van der Waals surface area contributed by atoms with Crippen LogP contribution in [0.15, 0.2) is 42.5 Å². The van der Waals surface area contributed by atoms with Gasteiger partial charge in [0.1, 0.15) is 5.69 Å². The van der Waals surface area contributed by atoms with E-state index in [0.717, 1.165) is 102 Å². The van der Waals surface area contributed by atoms with Crippen LogP contribution in [0.4, 0.5) is 5.82 Å². The number of carbonyl (C=O) groups is 1. The summed E-state index contributed by atoms with van der Waals surface area (Å²) in [5, 5.41) is 8.02. The van der Waals surface area contributed by atoms with Crippen LogP contribution in [0.3, 0.4) is 0 Å². The molecule has 8 atom stereocenters. The van der Waals surface area contributed by atoms with Crippen LogP contribution in [0.25, 0.3) is 0 Å². The van der Waals surface area contributed by atoms with Gasteiger partial charge in [-0.2, -0.15) is 0 Å². The number of halogens is 1.